The maximum atomic E-state index is 13.0. The second kappa shape index (κ2) is 16.0. The van der Waals surface area contributed by atoms with Crippen LogP contribution >= 0.6 is 0 Å². The standard InChI is InChI=1S/C32H50N2O3Si/c1-5-7-9-14-26-17-19-27(20-18-26)32(35)37-30-16-11-10-15-29(30)31-33-24-28(25-34-31)36-21-12-13-23-38(3,4)22-8-6-2/h10-11,15-16,24-27H,5-9,12-14,17-23H2,1-4H3. The third kappa shape index (κ3) is 10.2. The van der Waals surface area contributed by atoms with E-state index in [2.05, 4.69) is 36.9 Å². The molecule has 210 valence electrons. The molecule has 5 nitrogen and oxygen atoms in total. The largest absolute Gasteiger partial charge is 0.490 e. The topological polar surface area (TPSA) is 61.3 Å². The van der Waals surface area contributed by atoms with Crippen LogP contribution in [0.3, 0.4) is 0 Å². The molecule has 1 aromatic carbocycles. The number of para-hydroxylation sites is 1. The van der Waals surface area contributed by atoms with Crippen LogP contribution in [0.5, 0.6) is 11.5 Å². The van der Waals surface area contributed by atoms with Crippen molar-refractivity contribution >= 4 is 14.0 Å². The zero-order valence-electron chi connectivity index (χ0n) is 24.3. The van der Waals surface area contributed by atoms with Gasteiger partial charge in [-0.2, -0.15) is 0 Å². The first kappa shape index (κ1) is 30.3. The van der Waals surface area contributed by atoms with Gasteiger partial charge in [0.05, 0.1) is 30.5 Å². The summed E-state index contributed by atoms with van der Waals surface area (Å²) in [5, 5.41) is 0. The first-order valence-electron chi connectivity index (χ1n) is 15.2. The average molecular weight is 539 g/mol. The fraction of sp³-hybridized carbons (Fsp3) is 0.656. The zero-order chi connectivity index (χ0) is 27.2. The van der Waals surface area contributed by atoms with E-state index in [0.717, 1.165) is 43.6 Å². The van der Waals surface area contributed by atoms with Crippen LogP contribution in [0.4, 0.5) is 0 Å². The quantitative estimate of drug-likeness (QED) is 0.0923. The van der Waals surface area contributed by atoms with Crippen LogP contribution in [0.15, 0.2) is 36.7 Å². The van der Waals surface area contributed by atoms with Crippen molar-refractivity contribution in [2.24, 2.45) is 11.8 Å². The van der Waals surface area contributed by atoms with Gasteiger partial charge in [-0.3, -0.25) is 4.79 Å². The highest BCUT2D eigenvalue weighted by Gasteiger charge is 2.28. The predicted molar refractivity (Wildman–Crippen MR) is 159 cm³/mol. The van der Waals surface area contributed by atoms with Crippen LogP contribution < -0.4 is 9.47 Å². The third-order valence-corrected chi connectivity index (χ3v) is 11.5. The fourth-order valence-corrected chi connectivity index (χ4v) is 8.28. The molecule has 6 heteroatoms. The molecule has 0 radical (unpaired) electrons. The van der Waals surface area contributed by atoms with E-state index in [4.69, 9.17) is 9.47 Å². The lowest BCUT2D eigenvalue weighted by atomic mass is 9.80. The number of carbonyl (C=O) groups excluding carboxylic acids is 1. The minimum Gasteiger partial charge on any atom is -0.490 e. The number of unbranched alkanes of at least 4 members (excludes halogenated alkanes) is 4. The molecule has 0 aliphatic heterocycles. The highest BCUT2D eigenvalue weighted by atomic mass is 28.3. The predicted octanol–water partition coefficient (Wildman–Crippen LogP) is 9.10. The van der Waals surface area contributed by atoms with Gasteiger partial charge in [0.2, 0.25) is 0 Å². The molecule has 0 N–H and O–H groups in total. The molecule has 1 heterocycles. The second-order valence-electron chi connectivity index (χ2n) is 11.9. The van der Waals surface area contributed by atoms with Crippen molar-refractivity contribution < 1.29 is 14.3 Å². The van der Waals surface area contributed by atoms with Crippen LogP contribution in [-0.4, -0.2) is 30.6 Å². The van der Waals surface area contributed by atoms with Gasteiger partial charge in [-0.05, 0) is 50.2 Å². The van der Waals surface area contributed by atoms with Crippen molar-refractivity contribution in [1.82, 2.24) is 9.97 Å². The number of aromatic nitrogens is 2. The Morgan fingerprint density at radius 1 is 0.895 bits per heavy atom. The summed E-state index contributed by atoms with van der Waals surface area (Å²) in [6.45, 7) is 10.2. The van der Waals surface area contributed by atoms with E-state index in [-0.39, 0.29) is 11.9 Å². The van der Waals surface area contributed by atoms with Crippen molar-refractivity contribution in [3.05, 3.63) is 36.7 Å². The number of hydrogen-bond donors (Lipinski definition) is 0. The van der Waals surface area contributed by atoms with Crippen LogP contribution in [0.1, 0.15) is 90.9 Å². The van der Waals surface area contributed by atoms with Gasteiger partial charge in [-0.25, -0.2) is 9.97 Å². The van der Waals surface area contributed by atoms with Crippen LogP contribution in [0.2, 0.25) is 25.2 Å². The number of benzene rings is 1. The Hall–Kier alpha value is -2.21. The van der Waals surface area contributed by atoms with Crippen molar-refractivity contribution in [1.29, 1.82) is 0 Å². The molecule has 0 spiro atoms. The number of hydrogen-bond acceptors (Lipinski definition) is 5. The third-order valence-electron chi connectivity index (χ3n) is 8.09. The van der Waals surface area contributed by atoms with Crippen molar-refractivity contribution in [2.75, 3.05) is 6.61 Å². The van der Waals surface area contributed by atoms with Gasteiger partial charge in [-0.1, -0.05) is 96.1 Å². The molecule has 1 saturated carbocycles. The highest BCUT2D eigenvalue weighted by molar-refractivity contribution is 6.77. The SMILES string of the molecule is CCCCCC1CCC(C(=O)Oc2ccccc2-c2ncc(OCCCC[Si](C)(C)CCCC)cn2)CC1. The Kier molecular flexibility index (Phi) is 12.8. The molecule has 1 aliphatic rings. The molecule has 1 fully saturated rings. The molecule has 38 heavy (non-hydrogen) atoms. The van der Waals surface area contributed by atoms with Gasteiger partial charge in [0.15, 0.2) is 11.6 Å². The highest BCUT2D eigenvalue weighted by Crippen LogP contribution is 2.34. The average Bonchev–Trinajstić information content (AvgIpc) is 2.93. The lowest BCUT2D eigenvalue weighted by molar-refractivity contribution is -0.140. The smallest absolute Gasteiger partial charge is 0.314 e. The molecule has 0 saturated heterocycles. The fourth-order valence-electron chi connectivity index (χ4n) is 5.51. The Morgan fingerprint density at radius 2 is 1.58 bits per heavy atom. The Morgan fingerprint density at radius 3 is 2.29 bits per heavy atom. The Labute approximate surface area is 232 Å². The lowest BCUT2D eigenvalue weighted by Crippen LogP contribution is -2.26. The normalized spacial score (nSPS) is 17.8. The number of carbonyl (C=O) groups is 1. The van der Waals surface area contributed by atoms with Crippen LogP contribution in [0, 0.1) is 11.8 Å². The van der Waals surface area contributed by atoms with Crippen LogP contribution in [0.25, 0.3) is 11.4 Å². The molecule has 0 bridgehead atoms. The number of esters is 1. The summed E-state index contributed by atoms with van der Waals surface area (Å²) in [6.07, 6.45) is 17.7. The van der Waals surface area contributed by atoms with Gasteiger partial charge in [0.1, 0.15) is 5.75 Å². The maximum absolute atomic E-state index is 13.0. The van der Waals surface area contributed by atoms with Gasteiger partial charge < -0.3 is 9.47 Å². The number of nitrogens with zero attached hydrogens (tertiary/aromatic N) is 2. The van der Waals surface area contributed by atoms with Gasteiger partial charge in [0.25, 0.3) is 0 Å². The van der Waals surface area contributed by atoms with Gasteiger partial charge in [-0.15, -0.1) is 0 Å². The lowest BCUT2D eigenvalue weighted by Gasteiger charge is -2.27. The van der Waals surface area contributed by atoms with E-state index in [0.29, 0.717) is 23.9 Å². The summed E-state index contributed by atoms with van der Waals surface area (Å²) in [6, 6.07) is 10.3. The molecular weight excluding hydrogens is 488 g/mol. The molecule has 2 aromatic rings. The minimum atomic E-state index is -1.05. The van der Waals surface area contributed by atoms with Crippen molar-refractivity contribution in [2.45, 2.75) is 116 Å². The summed E-state index contributed by atoms with van der Waals surface area (Å²) in [4.78, 5) is 22.0. The molecule has 1 aliphatic carbocycles. The molecule has 3 rings (SSSR count). The minimum absolute atomic E-state index is 0.0120. The first-order chi connectivity index (χ1) is 18.4. The van der Waals surface area contributed by atoms with Gasteiger partial charge >= 0.3 is 5.97 Å². The van der Waals surface area contributed by atoms with E-state index in [1.807, 2.05) is 24.3 Å². The zero-order valence-corrected chi connectivity index (χ0v) is 25.3. The van der Waals surface area contributed by atoms with Crippen molar-refractivity contribution in [3.8, 4) is 22.9 Å². The first-order valence-corrected chi connectivity index (χ1v) is 18.6. The molecule has 0 unspecified atom stereocenters. The van der Waals surface area contributed by atoms with Crippen molar-refractivity contribution in [3.63, 3.8) is 0 Å². The second-order valence-corrected chi connectivity index (χ2v) is 17.3. The van der Waals surface area contributed by atoms with E-state index in [1.165, 1.54) is 57.0 Å². The summed E-state index contributed by atoms with van der Waals surface area (Å²) < 4.78 is 11.8. The Balaban J connectivity index is 1.47. The summed E-state index contributed by atoms with van der Waals surface area (Å²) >= 11 is 0. The van der Waals surface area contributed by atoms with E-state index in [1.54, 1.807) is 12.4 Å². The van der Waals surface area contributed by atoms with E-state index in [9.17, 15) is 4.79 Å². The Bertz CT molecular complexity index is 955. The van der Waals surface area contributed by atoms with E-state index >= 15 is 0 Å². The summed E-state index contributed by atoms with van der Waals surface area (Å²) in [5.74, 6) is 2.40. The number of rotatable bonds is 16. The molecule has 0 amide bonds. The van der Waals surface area contributed by atoms with E-state index < -0.39 is 8.07 Å². The molecular formula is C32H50N2O3Si. The molecule has 0 atom stereocenters. The maximum Gasteiger partial charge on any atom is 0.314 e. The molecule has 1 aromatic heterocycles. The number of ether oxygens (including phenoxy) is 2. The summed E-state index contributed by atoms with van der Waals surface area (Å²) in [7, 11) is -1.05. The summed E-state index contributed by atoms with van der Waals surface area (Å²) in [5.41, 5.74) is 0.736. The monoisotopic (exact) mass is 538 g/mol. The van der Waals surface area contributed by atoms with Crippen LogP contribution in [-0.2, 0) is 4.79 Å². The van der Waals surface area contributed by atoms with Gasteiger partial charge in [0, 0.05) is 8.07 Å².